The summed E-state index contributed by atoms with van der Waals surface area (Å²) < 4.78 is 0. The van der Waals surface area contributed by atoms with Gasteiger partial charge in [0.25, 0.3) is 0 Å². The SMILES string of the molecule is CC(NCCCN(C)C(C)C)c1ccc(O)cc1. The van der Waals surface area contributed by atoms with Gasteiger partial charge < -0.3 is 15.3 Å². The largest absolute Gasteiger partial charge is 0.508 e. The molecule has 1 aromatic carbocycles. The molecule has 0 spiro atoms. The molecular formula is C15H26N2O. The van der Waals surface area contributed by atoms with E-state index in [-0.39, 0.29) is 0 Å². The summed E-state index contributed by atoms with van der Waals surface area (Å²) in [7, 11) is 2.16. The van der Waals surface area contributed by atoms with Gasteiger partial charge in [0.2, 0.25) is 0 Å². The molecule has 3 heteroatoms. The van der Waals surface area contributed by atoms with Crippen molar-refractivity contribution in [2.24, 2.45) is 0 Å². The fourth-order valence-corrected chi connectivity index (χ4v) is 1.79. The lowest BCUT2D eigenvalue weighted by Crippen LogP contribution is -2.30. The Morgan fingerprint density at radius 2 is 1.78 bits per heavy atom. The minimum atomic E-state index is 0.324. The summed E-state index contributed by atoms with van der Waals surface area (Å²) in [6.45, 7) is 8.71. The van der Waals surface area contributed by atoms with E-state index in [1.54, 1.807) is 12.1 Å². The second-order valence-corrected chi connectivity index (χ2v) is 5.20. The Hall–Kier alpha value is -1.06. The lowest BCUT2D eigenvalue weighted by atomic mass is 10.1. The Bertz CT molecular complexity index is 335. The summed E-state index contributed by atoms with van der Waals surface area (Å²) >= 11 is 0. The Labute approximate surface area is 111 Å². The van der Waals surface area contributed by atoms with Crippen molar-refractivity contribution in [3.63, 3.8) is 0 Å². The molecule has 0 aliphatic rings. The summed E-state index contributed by atoms with van der Waals surface area (Å²) in [5.74, 6) is 0.324. The van der Waals surface area contributed by atoms with Crippen LogP contribution in [-0.4, -0.2) is 36.2 Å². The van der Waals surface area contributed by atoms with Crippen molar-refractivity contribution >= 4 is 0 Å². The fraction of sp³-hybridized carbons (Fsp3) is 0.600. The predicted octanol–water partition coefficient (Wildman–Crippen LogP) is 2.77. The topological polar surface area (TPSA) is 35.5 Å². The van der Waals surface area contributed by atoms with Gasteiger partial charge in [-0.1, -0.05) is 12.1 Å². The molecule has 0 heterocycles. The van der Waals surface area contributed by atoms with Gasteiger partial charge in [0, 0.05) is 12.1 Å². The van der Waals surface area contributed by atoms with Gasteiger partial charge in [0.05, 0.1) is 0 Å². The molecule has 2 N–H and O–H groups in total. The third-order valence-electron chi connectivity index (χ3n) is 3.41. The zero-order chi connectivity index (χ0) is 13.5. The van der Waals surface area contributed by atoms with Crippen LogP contribution in [0.3, 0.4) is 0 Å². The minimum absolute atomic E-state index is 0.324. The summed E-state index contributed by atoms with van der Waals surface area (Å²) in [4.78, 5) is 2.35. The van der Waals surface area contributed by atoms with E-state index in [2.05, 4.69) is 38.0 Å². The number of nitrogens with zero attached hydrogens (tertiary/aromatic N) is 1. The number of phenols is 1. The van der Waals surface area contributed by atoms with Crippen molar-refractivity contribution in [1.29, 1.82) is 0 Å². The van der Waals surface area contributed by atoms with Crippen LogP contribution in [-0.2, 0) is 0 Å². The van der Waals surface area contributed by atoms with Gasteiger partial charge in [-0.3, -0.25) is 0 Å². The fourth-order valence-electron chi connectivity index (χ4n) is 1.79. The zero-order valence-corrected chi connectivity index (χ0v) is 12.0. The summed E-state index contributed by atoms with van der Waals surface area (Å²) in [5, 5.41) is 12.7. The Balaban J connectivity index is 2.25. The first-order valence-corrected chi connectivity index (χ1v) is 6.73. The van der Waals surface area contributed by atoms with Crippen molar-refractivity contribution < 1.29 is 5.11 Å². The van der Waals surface area contributed by atoms with E-state index in [0.717, 1.165) is 19.5 Å². The van der Waals surface area contributed by atoms with Crippen LogP contribution in [0.4, 0.5) is 0 Å². The van der Waals surface area contributed by atoms with Gasteiger partial charge in [0.1, 0.15) is 5.75 Å². The highest BCUT2D eigenvalue weighted by molar-refractivity contribution is 5.27. The first-order valence-electron chi connectivity index (χ1n) is 6.73. The van der Waals surface area contributed by atoms with E-state index in [1.165, 1.54) is 5.56 Å². The highest BCUT2D eigenvalue weighted by Crippen LogP contribution is 2.16. The van der Waals surface area contributed by atoms with Gasteiger partial charge in [-0.15, -0.1) is 0 Å². The molecular weight excluding hydrogens is 224 g/mol. The normalized spacial score (nSPS) is 13.2. The van der Waals surface area contributed by atoms with Crippen LogP contribution < -0.4 is 5.32 Å². The average Bonchev–Trinajstić information content (AvgIpc) is 2.34. The number of aromatic hydroxyl groups is 1. The molecule has 0 aliphatic heterocycles. The minimum Gasteiger partial charge on any atom is -0.508 e. The van der Waals surface area contributed by atoms with Crippen LogP contribution in [0.15, 0.2) is 24.3 Å². The maximum Gasteiger partial charge on any atom is 0.115 e. The highest BCUT2D eigenvalue weighted by Gasteiger charge is 2.05. The van der Waals surface area contributed by atoms with E-state index >= 15 is 0 Å². The van der Waals surface area contributed by atoms with Gasteiger partial charge in [-0.05, 0) is 65.0 Å². The number of nitrogens with one attached hydrogen (secondary N) is 1. The van der Waals surface area contributed by atoms with Gasteiger partial charge in [-0.2, -0.15) is 0 Å². The Morgan fingerprint density at radius 3 is 2.33 bits per heavy atom. The van der Waals surface area contributed by atoms with E-state index in [4.69, 9.17) is 0 Å². The van der Waals surface area contributed by atoms with Crippen molar-refractivity contribution in [3.05, 3.63) is 29.8 Å². The maximum atomic E-state index is 9.24. The summed E-state index contributed by atoms with van der Waals surface area (Å²) in [5.41, 5.74) is 1.21. The van der Waals surface area contributed by atoms with Gasteiger partial charge >= 0.3 is 0 Å². The smallest absolute Gasteiger partial charge is 0.115 e. The van der Waals surface area contributed by atoms with Crippen molar-refractivity contribution in [2.45, 2.75) is 39.3 Å². The van der Waals surface area contributed by atoms with Crippen LogP contribution in [0.25, 0.3) is 0 Å². The zero-order valence-electron chi connectivity index (χ0n) is 12.0. The summed E-state index contributed by atoms with van der Waals surface area (Å²) in [6, 6.07) is 8.34. The first kappa shape index (κ1) is 15.0. The van der Waals surface area contributed by atoms with Crippen LogP contribution >= 0.6 is 0 Å². The second-order valence-electron chi connectivity index (χ2n) is 5.20. The number of rotatable bonds is 7. The van der Waals surface area contributed by atoms with Crippen LogP contribution in [0.5, 0.6) is 5.75 Å². The van der Waals surface area contributed by atoms with E-state index in [1.807, 2.05) is 12.1 Å². The van der Waals surface area contributed by atoms with E-state index in [9.17, 15) is 5.11 Å². The van der Waals surface area contributed by atoms with Crippen molar-refractivity contribution in [1.82, 2.24) is 10.2 Å². The Morgan fingerprint density at radius 1 is 1.17 bits per heavy atom. The molecule has 0 saturated carbocycles. The van der Waals surface area contributed by atoms with Crippen molar-refractivity contribution in [2.75, 3.05) is 20.1 Å². The molecule has 0 bridgehead atoms. The quantitative estimate of drug-likeness (QED) is 0.730. The molecule has 3 nitrogen and oxygen atoms in total. The maximum absolute atomic E-state index is 9.24. The number of benzene rings is 1. The lowest BCUT2D eigenvalue weighted by Gasteiger charge is -2.21. The van der Waals surface area contributed by atoms with Crippen molar-refractivity contribution in [3.8, 4) is 5.75 Å². The van der Waals surface area contributed by atoms with E-state index < -0.39 is 0 Å². The monoisotopic (exact) mass is 250 g/mol. The molecule has 0 fully saturated rings. The third-order valence-corrected chi connectivity index (χ3v) is 3.41. The first-order chi connectivity index (χ1) is 8.50. The molecule has 1 atom stereocenters. The van der Waals surface area contributed by atoms with Gasteiger partial charge in [0.15, 0.2) is 0 Å². The second kappa shape index (κ2) is 7.39. The predicted molar refractivity (Wildman–Crippen MR) is 76.9 cm³/mol. The lowest BCUT2D eigenvalue weighted by molar-refractivity contribution is 0.268. The molecule has 0 aromatic heterocycles. The number of phenolic OH excluding ortho intramolecular Hbond substituents is 1. The molecule has 0 aliphatic carbocycles. The highest BCUT2D eigenvalue weighted by atomic mass is 16.3. The summed E-state index contributed by atoms with van der Waals surface area (Å²) in [6.07, 6.45) is 1.15. The standard InChI is InChI=1S/C15H26N2O/c1-12(2)17(4)11-5-10-16-13(3)14-6-8-15(18)9-7-14/h6-9,12-13,16,18H,5,10-11H2,1-4H3. The van der Waals surface area contributed by atoms with Crippen LogP contribution in [0, 0.1) is 0 Å². The Kier molecular flexibility index (Phi) is 6.16. The average molecular weight is 250 g/mol. The number of hydrogen-bond donors (Lipinski definition) is 2. The van der Waals surface area contributed by atoms with Crippen LogP contribution in [0.1, 0.15) is 38.8 Å². The van der Waals surface area contributed by atoms with Gasteiger partial charge in [-0.25, -0.2) is 0 Å². The molecule has 1 rings (SSSR count). The molecule has 0 amide bonds. The molecule has 18 heavy (non-hydrogen) atoms. The van der Waals surface area contributed by atoms with E-state index in [0.29, 0.717) is 17.8 Å². The molecule has 102 valence electrons. The van der Waals surface area contributed by atoms with Crippen LogP contribution in [0.2, 0.25) is 0 Å². The number of hydrogen-bond acceptors (Lipinski definition) is 3. The molecule has 0 radical (unpaired) electrons. The molecule has 1 aromatic rings. The molecule has 1 unspecified atom stereocenters. The molecule has 0 saturated heterocycles. The third kappa shape index (κ3) is 5.07.